The summed E-state index contributed by atoms with van der Waals surface area (Å²) in [6.07, 6.45) is 9.29. The van der Waals surface area contributed by atoms with Gasteiger partial charge in [-0.15, -0.1) is 0 Å². The van der Waals surface area contributed by atoms with E-state index in [0.29, 0.717) is 11.3 Å². The molecule has 3 heterocycles. The molecule has 4 aromatic carbocycles. The molecule has 0 saturated carbocycles. The Morgan fingerprint density at radius 2 is 1.18 bits per heavy atom. The zero-order valence-electron chi connectivity index (χ0n) is 26.8. The average Bonchev–Trinajstić information content (AvgIpc) is 3.90. The summed E-state index contributed by atoms with van der Waals surface area (Å²) in [7, 11) is 0. The molecule has 0 fully saturated rings. The molecule has 0 spiro atoms. The minimum Gasteiger partial charge on any atom is -0.0622 e. The molecule has 6 heteroatoms. The van der Waals surface area contributed by atoms with Gasteiger partial charge in [-0.25, -0.2) is 0 Å². The first-order valence-electron chi connectivity index (χ1n) is 16.0. The molecule has 2 aliphatic rings. The predicted octanol–water partition coefficient (Wildman–Crippen LogP) is 9.09. The fourth-order valence-corrected chi connectivity index (χ4v) is 6.59. The Balaban J connectivity index is 1.48. The molecule has 0 bridgehead atoms. The number of benzene rings is 4. The van der Waals surface area contributed by atoms with Crippen LogP contribution in [0.4, 0.5) is 0 Å². The molecule has 0 unspecified atom stereocenters. The van der Waals surface area contributed by atoms with E-state index in [0.717, 1.165) is 97.3 Å². The fourth-order valence-electron chi connectivity index (χ4n) is 6.12. The van der Waals surface area contributed by atoms with Gasteiger partial charge in [0, 0.05) is 11.1 Å². The molecular weight excluding hydrogens is 654 g/mol. The van der Waals surface area contributed by atoms with E-state index in [1.165, 1.54) is 0 Å². The van der Waals surface area contributed by atoms with Crippen molar-refractivity contribution in [1.29, 1.82) is 0 Å². The normalized spacial score (nSPS) is 16.7. The number of hydrogen-bond donors (Lipinski definition) is 3. The summed E-state index contributed by atoms with van der Waals surface area (Å²) in [5.74, 6) is 0. The first kappa shape index (κ1) is 31.6. The number of rotatable bonds is 9. The summed E-state index contributed by atoms with van der Waals surface area (Å²) in [6.45, 7) is 0. The summed E-state index contributed by atoms with van der Waals surface area (Å²) in [4.78, 5) is 13.6. The van der Waals surface area contributed by atoms with Crippen LogP contribution in [-0.4, -0.2) is 26.1 Å². The molecule has 5 aromatic rings. The Morgan fingerprint density at radius 1 is 0.633 bits per heavy atom. The van der Waals surface area contributed by atoms with Crippen LogP contribution in [0.1, 0.15) is 33.6 Å². The van der Waals surface area contributed by atoms with Crippen LogP contribution < -0.4 is 5.73 Å². The zero-order valence-corrected chi connectivity index (χ0v) is 29.8. The quantitative estimate of drug-likeness (QED) is 0.0821. The number of hydrogen-bond acceptors (Lipinski definition) is 4. The van der Waals surface area contributed by atoms with Gasteiger partial charge in [-0.1, -0.05) is 121 Å². The maximum atomic E-state index is 10.6. The van der Waals surface area contributed by atoms with Crippen molar-refractivity contribution in [3.63, 3.8) is 0 Å². The number of allylic oxidation sites excluding steroid dienone is 6. The van der Waals surface area contributed by atoms with E-state index < -0.39 is 0 Å². The van der Waals surface area contributed by atoms with E-state index in [2.05, 4.69) is 57.1 Å². The number of aromatic amines is 1. The molecule has 0 saturated heterocycles. The second-order valence-electron chi connectivity index (χ2n) is 11.5. The number of aliphatic imine (C=N–C) groups is 2. The third-order valence-corrected chi connectivity index (χ3v) is 9.27. The van der Waals surface area contributed by atoms with E-state index >= 15 is 0 Å². The van der Waals surface area contributed by atoms with Crippen LogP contribution >= 0.6 is 0 Å². The van der Waals surface area contributed by atoms with E-state index in [9.17, 15) is 5.11 Å². The molecule has 0 atom stereocenters. The van der Waals surface area contributed by atoms with Crippen LogP contribution in [0.15, 0.2) is 179 Å². The van der Waals surface area contributed by atoms with Gasteiger partial charge in [-0.3, -0.25) is 0 Å². The summed E-state index contributed by atoms with van der Waals surface area (Å²) in [6, 6.07) is 44.5. The molecule has 0 aliphatic carbocycles. The van der Waals surface area contributed by atoms with Crippen molar-refractivity contribution >= 4 is 50.5 Å². The van der Waals surface area contributed by atoms with E-state index in [1.54, 1.807) is 0 Å². The third kappa shape index (κ3) is 6.73. The van der Waals surface area contributed by atoms with E-state index in [1.807, 2.05) is 115 Å². The second-order valence-corrected chi connectivity index (χ2v) is 12.4. The number of aromatic nitrogens is 1. The van der Waals surface area contributed by atoms with Gasteiger partial charge < -0.3 is 10.8 Å². The molecule has 1 aromatic heterocycles. The fraction of sp³-hybridized carbons (Fsp3) is 0. The Morgan fingerprint density at radius 3 is 1.76 bits per heavy atom. The van der Waals surface area contributed by atoms with Crippen LogP contribution in [0.5, 0.6) is 0 Å². The molecular formula is C43H32N4OZn. The smallest absolute Gasteiger partial charge is 0.0622 e. The van der Waals surface area contributed by atoms with Crippen molar-refractivity contribution in [2.75, 3.05) is 0 Å². The standard InChI is InChI=1S/C43H32N4O.Zn/c1-29-22-23-34(45-29)26-35-24-25-36(46-35)27-38-39(31-16-8-3-9-17-31)40(32-18-10-4-11-19-32)43(47-38)41(33-20-12-5-13-21-33)42(44)37(28-48)30-14-6-2-7-15-30;/h1-28,46,48H,44H2;/b34-26?,37-28?,38-27?,42-41-;. The molecule has 4 N–H and O–H groups in total. The molecule has 7 rings (SSSR count). The Bertz CT molecular complexity index is 2270. The van der Waals surface area contributed by atoms with Crippen LogP contribution in [-0.2, 0) is 17.9 Å². The summed E-state index contributed by atoms with van der Waals surface area (Å²) in [5.41, 5.74) is 19.8. The second kappa shape index (κ2) is 14.4. The van der Waals surface area contributed by atoms with E-state index in [4.69, 9.17) is 10.7 Å². The first-order chi connectivity index (χ1) is 24.1. The van der Waals surface area contributed by atoms with Crippen molar-refractivity contribution in [2.24, 2.45) is 15.7 Å². The number of aliphatic hydroxyl groups excluding tert-OH is 1. The summed E-state index contributed by atoms with van der Waals surface area (Å²) < 4.78 is 2.11. The van der Waals surface area contributed by atoms with Gasteiger partial charge in [0.15, 0.2) is 0 Å². The van der Waals surface area contributed by atoms with Crippen LogP contribution in [0.25, 0.3) is 34.4 Å². The monoisotopic (exact) mass is 684 g/mol. The summed E-state index contributed by atoms with van der Waals surface area (Å²) in [5, 5.41) is 10.6. The number of aliphatic hydroxyl groups is 1. The number of nitrogens with one attached hydrogen (secondary N) is 1. The van der Waals surface area contributed by atoms with Gasteiger partial charge in [-0.05, 0) is 16.7 Å². The maximum absolute atomic E-state index is 10.6. The summed E-state index contributed by atoms with van der Waals surface area (Å²) >= 11 is 1.07. The van der Waals surface area contributed by atoms with Crippen molar-refractivity contribution < 1.29 is 23.0 Å². The van der Waals surface area contributed by atoms with Crippen molar-refractivity contribution in [2.45, 2.75) is 0 Å². The zero-order chi connectivity index (χ0) is 33.6. The Hall–Kier alpha value is -5.97. The van der Waals surface area contributed by atoms with Gasteiger partial charge in [0.1, 0.15) is 0 Å². The molecule has 5 nitrogen and oxygen atoms in total. The number of nitrogens with zero attached hydrogens (tertiary/aromatic N) is 2. The molecule has 49 heavy (non-hydrogen) atoms. The van der Waals surface area contributed by atoms with Gasteiger partial charge in [-0.2, -0.15) is 0 Å². The van der Waals surface area contributed by atoms with E-state index in [-0.39, 0.29) is 0 Å². The third-order valence-electron chi connectivity index (χ3n) is 8.39. The Kier molecular flexibility index (Phi) is 9.31. The first-order valence-corrected chi connectivity index (χ1v) is 17.8. The predicted molar refractivity (Wildman–Crippen MR) is 201 cm³/mol. The Labute approximate surface area is 295 Å². The minimum atomic E-state index is 0.422. The molecule has 0 amide bonds. The molecule has 2 aliphatic heterocycles. The van der Waals surface area contributed by atoms with Gasteiger partial charge in [0.05, 0.1) is 12.0 Å². The SMILES string of the molecule is N/C(C(=CO)c1ccccc1)=C(\C1=NC(=Cc2ccc(C=C3C=CC([CH]=[Zn])=N3)[nH]2)C(c2ccccc2)=C1c1ccccc1)c1ccccc1. The van der Waals surface area contributed by atoms with Crippen molar-refractivity contribution in [1.82, 2.24) is 4.98 Å². The van der Waals surface area contributed by atoms with Crippen molar-refractivity contribution in [3.05, 3.63) is 203 Å². The van der Waals surface area contributed by atoms with Gasteiger partial charge >= 0.3 is 125 Å². The number of nitrogens with two attached hydrogens (primary N) is 1. The van der Waals surface area contributed by atoms with Gasteiger partial charge in [0.25, 0.3) is 0 Å². The minimum absolute atomic E-state index is 0.422. The molecule has 232 valence electrons. The number of H-pyrrole nitrogens is 1. The van der Waals surface area contributed by atoms with Gasteiger partial charge in [0.2, 0.25) is 0 Å². The van der Waals surface area contributed by atoms with Crippen LogP contribution in [0.2, 0.25) is 0 Å². The topological polar surface area (TPSA) is 86.8 Å². The van der Waals surface area contributed by atoms with Crippen LogP contribution in [0.3, 0.4) is 0 Å². The van der Waals surface area contributed by atoms with Crippen LogP contribution in [0, 0.1) is 0 Å². The average molecular weight is 686 g/mol. The van der Waals surface area contributed by atoms with Crippen molar-refractivity contribution in [3.8, 4) is 0 Å². The molecule has 0 radical (unpaired) electrons.